The van der Waals surface area contributed by atoms with Crippen LogP contribution in [0.15, 0.2) is 11.7 Å². The van der Waals surface area contributed by atoms with Gasteiger partial charge >= 0.3 is 0 Å². The molecule has 0 bridgehead atoms. The van der Waals surface area contributed by atoms with Crippen molar-refractivity contribution in [2.75, 3.05) is 6.54 Å². The summed E-state index contributed by atoms with van der Waals surface area (Å²) in [7, 11) is 0. The fourth-order valence-corrected chi connectivity index (χ4v) is 2.26. The molecule has 0 fully saturated rings. The summed E-state index contributed by atoms with van der Waals surface area (Å²) in [5, 5.41) is 2.91. The molecule has 0 aromatic carbocycles. The standard InChI is InChI=1S/C12H21N3OS/c1-2-10(5-6-13)3-4-12(16)15-8-11-7-14-9-17-11/h7,9-10H,2-6,8,13H2,1H3,(H,15,16). The van der Waals surface area contributed by atoms with Crippen molar-refractivity contribution in [3.05, 3.63) is 16.6 Å². The van der Waals surface area contributed by atoms with Gasteiger partial charge in [-0.05, 0) is 25.3 Å². The van der Waals surface area contributed by atoms with E-state index in [4.69, 9.17) is 5.73 Å². The SMILES string of the molecule is CCC(CCN)CCC(=O)NCc1cncs1. The van der Waals surface area contributed by atoms with Gasteiger partial charge in [-0.3, -0.25) is 9.78 Å². The van der Waals surface area contributed by atoms with Crippen LogP contribution < -0.4 is 11.1 Å². The topological polar surface area (TPSA) is 68.0 Å². The smallest absolute Gasteiger partial charge is 0.220 e. The van der Waals surface area contributed by atoms with E-state index in [2.05, 4.69) is 17.2 Å². The van der Waals surface area contributed by atoms with Crippen molar-refractivity contribution in [3.63, 3.8) is 0 Å². The molecule has 1 atom stereocenters. The summed E-state index contributed by atoms with van der Waals surface area (Å²) in [6.45, 7) is 3.45. The number of aromatic nitrogens is 1. The molecular formula is C12H21N3OS. The minimum atomic E-state index is 0.119. The van der Waals surface area contributed by atoms with Gasteiger partial charge in [-0.25, -0.2) is 0 Å². The fraction of sp³-hybridized carbons (Fsp3) is 0.667. The molecule has 5 heteroatoms. The molecule has 1 unspecified atom stereocenters. The number of rotatable bonds is 8. The highest BCUT2D eigenvalue weighted by Gasteiger charge is 2.08. The maximum atomic E-state index is 11.6. The predicted octanol–water partition coefficient (Wildman–Crippen LogP) is 1.91. The highest BCUT2D eigenvalue weighted by atomic mass is 32.1. The summed E-state index contributed by atoms with van der Waals surface area (Å²) >= 11 is 1.56. The first kappa shape index (κ1) is 14.1. The zero-order valence-electron chi connectivity index (χ0n) is 10.3. The van der Waals surface area contributed by atoms with Crippen molar-refractivity contribution in [2.24, 2.45) is 11.7 Å². The van der Waals surface area contributed by atoms with Crippen LogP contribution in [-0.2, 0) is 11.3 Å². The second kappa shape index (κ2) is 8.20. The van der Waals surface area contributed by atoms with Gasteiger partial charge in [0.1, 0.15) is 0 Å². The molecule has 1 amide bonds. The average molecular weight is 255 g/mol. The third-order valence-corrected chi connectivity index (χ3v) is 3.65. The predicted molar refractivity (Wildman–Crippen MR) is 70.6 cm³/mol. The molecule has 0 aliphatic rings. The summed E-state index contributed by atoms with van der Waals surface area (Å²) in [4.78, 5) is 16.7. The van der Waals surface area contributed by atoms with Crippen LogP contribution >= 0.6 is 11.3 Å². The van der Waals surface area contributed by atoms with Crippen molar-refractivity contribution in [1.29, 1.82) is 0 Å². The highest BCUT2D eigenvalue weighted by Crippen LogP contribution is 2.14. The zero-order chi connectivity index (χ0) is 12.5. The monoisotopic (exact) mass is 255 g/mol. The Bertz CT molecular complexity index is 314. The average Bonchev–Trinajstić information content (AvgIpc) is 2.85. The Labute approximate surface area is 107 Å². The first-order chi connectivity index (χ1) is 8.26. The second-order valence-electron chi connectivity index (χ2n) is 4.13. The van der Waals surface area contributed by atoms with Crippen LogP contribution in [0.25, 0.3) is 0 Å². The van der Waals surface area contributed by atoms with Crippen LogP contribution in [0.4, 0.5) is 0 Å². The van der Waals surface area contributed by atoms with Crippen LogP contribution in [0.1, 0.15) is 37.5 Å². The van der Waals surface area contributed by atoms with Crippen molar-refractivity contribution < 1.29 is 4.79 Å². The van der Waals surface area contributed by atoms with Crippen molar-refractivity contribution in [3.8, 4) is 0 Å². The van der Waals surface area contributed by atoms with Crippen molar-refractivity contribution in [1.82, 2.24) is 10.3 Å². The number of carbonyl (C=O) groups is 1. The molecule has 0 saturated carbocycles. The van der Waals surface area contributed by atoms with Crippen molar-refractivity contribution >= 4 is 17.2 Å². The second-order valence-corrected chi connectivity index (χ2v) is 5.11. The van der Waals surface area contributed by atoms with E-state index in [-0.39, 0.29) is 5.91 Å². The number of nitrogens with one attached hydrogen (secondary N) is 1. The molecule has 17 heavy (non-hydrogen) atoms. The van der Waals surface area contributed by atoms with Gasteiger partial charge < -0.3 is 11.1 Å². The van der Waals surface area contributed by atoms with E-state index in [1.165, 1.54) is 0 Å². The van der Waals surface area contributed by atoms with E-state index in [1.807, 2.05) is 0 Å². The Kier molecular flexibility index (Phi) is 6.81. The number of nitrogens with two attached hydrogens (primary N) is 1. The van der Waals surface area contributed by atoms with Crippen LogP contribution in [-0.4, -0.2) is 17.4 Å². The molecule has 96 valence electrons. The molecule has 0 spiro atoms. The Morgan fingerprint density at radius 1 is 1.59 bits per heavy atom. The van der Waals surface area contributed by atoms with Gasteiger partial charge in [-0.2, -0.15) is 0 Å². The van der Waals surface area contributed by atoms with Gasteiger partial charge in [-0.15, -0.1) is 11.3 Å². The molecule has 4 nitrogen and oxygen atoms in total. The number of nitrogens with zero attached hydrogens (tertiary/aromatic N) is 1. The van der Waals surface area contributed by atoms with Crippen LogP contribution in [0.3, 0.4) is 0 Å². The highest BCUT2D eigenvalue weighted by molar-refractivity contribution is 7.09. The van der Waals surface area contributed by atoms with Crippen LogP contribution in [0, 0.1) is 5.92 Å². The Balaban J connectivity index is 2.16. The van der Waals surface area contributed by atoms with Gasteiger partial charge in [0.25, 0.3) is 0 Å². The van der Waals surface area contributed by atoms with E-state index in [0.29, 0.717) is 25.4 Å². The third-order valence-electron chi connectivity index (χ3n) is 2.88. The van der Waals surface area contributed by atoms with E-state index in [0.717, 1.165) is 24.1 Å². The Morgan fingerprint density at radius 3 is 3.00 bits per heavy atom. The lowest BCUT2D eigenvalue weighted by Gasteiger charge is -2.12. The summed E-state index contributed by atoms with van der Waals surface area (Å²) in [5.74, 6) is 0.697. The summed E-state index contributed by atoms with van der Waals surface area (Å²) in [6, 6.07) is 0. The molecular weight excluding hydrogens is 234 g/mol. The number of thiazole rings is 1. The number of amides is 1. The third kappa shape index (κ3) is 5.79. The van der Waals surface area contributed by atoms with Gasteiger partial charge in [0, 0.05) is 17.5 Å². The largest absolute Gasteiger partial charge is 0.351 e. The minimum absolute atomic E-state index is 0.119. The maximum absolute atomic E-state index is 11.6. The Morgan fingerprint density at radius 2 is 2.41 bits per heavy atom. The normalized spacial score (nSPS) is 12.4. The Hall–Kier alpha value is -0.940. The lowest BCUT2D eigenvalue weighted by atomic mass is 9.96. The fourth-order valence-electron chi connectivity index (χ4n) is 1.73. The summed E-state index contributed by atoms with van der Waals surface area (Å²) < 4.78 is 0. The lowest BCUT2D eigenvalue weighted by Crippen LogP contribution is -2.23. The lowest BCUT2D eigenvalue weighted by molar-refractivity contribution is -0.121. The van der Waals surface area contributed by atoms with E-state index in [9.17, 15) is 4.79 Å². The van der Waals surface area contributed by atoms with Gasteiger partial charge in [0.05, 0.1) is 12.1 Å². The van der Waals surface area contributed by atoms with Crippen LogP contribution in [0.2, 0.25) is 0 Å². The quantitative estimate of drug-likeness (QED) is 0.745. The van der Waals surface area contributed by atoms with E-state index in [1.54, 1.807) is 23.0 Å². The molecule has 0 aliphatic carbocycles. The first-order valence-corrected chi connectivity index (χ1v) is 6.98. The zero-order valence-corrected chi connectivity index (χ0v) is 11.1. The van der Waals surface area contributed by atoms with Gasteiger partial charge in [-0.1, -0.05) is 13.3 Å². The molecule has 0 aliphatic heterocycles. The van der Waals surface area contributed by atoms with E-state index >= 15 is 0 Å². The van der Waals surface area contributed by atoms with Crippen LogP contribution in [0.5, 0.6) is 0 Å². The van der Waals surface area contributed by atoms with E-state index < -0.39 is 0 Å². The molecule has 3 N–H and O–H groups in total. The molecule has 1 heterocycles. The first-order valence-electron chi connectivity index (χ1n) is 6.10. The number of hydrogen-bond donors (Lipinski definition) is 2. The number of carbonyl (C=O) groups excluding carboxylic acids is 1. The maximum Gasteiger partial charge on any atom is 0.220 e. The minimum Gasteiger partial charge on any atom is -0.351 e. The summed E-state index contributed by atoms with van der Waals surface area (Å²) in [6.07, 6.45) is 5.42. The van der Waals surface area contributed by atoms with Gasteiger partial charge in [0.15, 0.2) is 0 Å². The molecule has 0 radical (unpaired) electrons. The molecule has 1 aromatic rings. The van der Waals surface area contributed by atoms with Gasteiger partial charge in [0.2, 0.25) is 5.91 Å². The molecule has 0 saturated heterocycles. The molecule has 1 aromatic heterocycles. The summed E-state index contributed by atoms with van der Waals surface area (Å²) in [5.41, 5.74) is 7.30. The number of hydrogen-bond acceptors (Lipinski definition) is 4. The molecule has 1 rings (SSSR count). The van der Waals surface area contributed by atoms with Crippen molar-refractivity contribution in [2.45, 2.75) is 39.2 Å².